The first-order valence-corrected chi connectivity index (χ1v) is 9.36. The van der Waals surface area contributed by atoms with Crippen LogP contribution in [0.4, 0.5) is 0 Å². The number of hydrogen-bond donors (Lipinski definition) is 2. The number of nitriles is 1. The maximum Gasteiger partial charge on any atom is 0.249 e. The Morgan fingerprint density at radius 2 is 2.11 bits per heavy atom. The fraction of sp³-hybridized carbons (Fsp3) is 0.429. The smallest absolute Gasteiger partial charge is 0.249 e. The van der Waals surface area contributed by atoms with Crippen molar-refractivity contribution >= 4 is 22.7 Å². The third kappa shape index (κ3) is 3.10. The molecule has 2 aliphatic rings. The van der Waals surface area contributed by atoms with E-state index >= 15 is 0 Å². The average molecular weight is 378 g/mol. The van der Waals surface area contributed by atoms with Gasteiger partial charge in [-0.15, -0.1) is 0 Å². The molecule has 0 unspecified atom stereocenters. The summed E-state index contributed by atoms with van der Waals surface area (Å²) >= 11 is 0. The maximum absolute atomic E-state index is 12.8. The van der Waals surface area contributed by atoms with E-state index in [1.54, 1.807) is 43.0 Å². The van der Waals surface area contributed by atoms with Gasteiger partial charge in [0, 0.05) is 11.4 Å². The van der Waals surface area contributed by atoms with Crippen LogP contribution in [-0.4, -0.2) is 38.9 Å². The Hall–Kier alpha value is -2.98. The highest BCUT2D eigenvalue weighted by Gasteiger charge is 2.53. The van der Waals surface area contributed by atoms with Crippen LogP contribution in [0.3, 0.4) is 0 Å². The monoisotopic (exact) mass is 378 g/mol. The molecule has 1 aliphatic carbocycles. The number of carbonyl (C=O) groups is 2. The Kier molecular flexibility index (Phi) is 4.12. The number of piperidine rings is 1. The van der Waals surface area contributed by atoms with E-state index in [4.69, 9.17) is 5.73 Å². The number of amides is 2. The van der Waals surface area contributed by atoms with E-state index in [9.17, 15) is 20.0 Å². The summed E-state index contributed by atoms with van der Waals surface area (Å²) in [5, 5.41) is 20.2. The highest BCUT2D eigenvalue weighted by Crippen LogP contribution is 2.47. The summed E-state index contributed by atoms with van der Waals surface area (Å²) in [7, 11) is 0. The quantitative estimate of drug-likeness (QED) is 0.837. The maximum atomic E-state index is 12.8. The van der Waals surface area contributed by atoms with Crippen molar-refractivity contribution < 1.29 is 14.7 Å². The Bertz CT molecular complexity index is 1030. The number of aliphatic hydroxyl groups is 1. The Balaban J connectivity index is 1.71. The minimum absolute atomic E-state index is 0.00433. The summed E-state index contributed by atoms with van der Waals surface area (Å²) in [6.07, 6.45) is 1.69. The van der Waals surface area contributed by atoms with E-state index in [1.165, 1.54) is 0 Å². The zero-order chi connectivity index (χ0) is 20.2. The molecule has 0 radical (unpaired) electrons. The van der Waals surface area contributed by atoms with Crippen molar-refractivity contribution in [3.63, 3.8) is 0 Å². The van der Waals surface area contributed by atoms with Gasteiger partial charge in [0.1, 0.15) is 6.04 Å². The highest BCUT2D eigenvalue weighted by atomic mass is 16.3. The fourth-order valence-electron chi connectivity index (χ4n) is 4.14. The number of pyridine rings is 1. The number of rotatable bonds is 4. The van der Waals surface area contributed by atoms with Gasteiger partial charge in [-0.2, -0.15) is 5.26 Å². The lowest BCUT2D eigenvalue weighted by Gasteiger charge is -2.23. The molecule has 28 heavy (non-hydrogen) atoms. The van der Waals surface area contributed by atoms with Crippen LogP contribution in [0.2, 0.25) is 0 Å². The van der Waals surface area contributed by atoms with Gasteiger partial charge in [0.2, 0.25) is 11.8 Å². The van der Waals surface area contributed by atoms with Crippen LogP contribution >= 0.6 is 0 Å². The van der Waals surface area contributed by atoms with E-state index in [0.29, 0.717) is 28.1 Å². The summed E-state index contributed by atoms with van der Waals surface area (Å²) < 4.78 is 0. The van der Waals surface area contributed by atoms with Crippen molar-refractivity contribution in [1.82, 2.24) is 9.88 Å². The minimum atomic E-state index is -1.06. The van der Waals surface area contributed by atoms with Gasteiger partial charge in [0.25, 0.3) is 0 Å². The van der Waals surface area contributed by atoms with Gasteiger partial charge < -0.3 is 15.7 Å². The van der Waals surface area contributed by atoms with E-state index < -0.39 is 11.5 Å². The summed E-state index contributed by atoms with van der Waals surface area (Å²) in [6.45, 7) is 3.33. The Morgan fingerprint density at radius 3 is 2.75 bits per heavy atom. The topological polar surface area (TPSA) is 120 Å². The molecular formula is C21H22N4O3. The first-order chi connectivity index (χ1) is 13.2. The van der Waals surface area contributed by atoms with Crippen LogP contribution in [0.25, 0.3) is 10.9 Å². The molecule has 7 heteroatoms. The van der Waals surface area contributed by atoms with Gasteiger partial charge in [-0.1, -0.05) is 12.1 Å². The third-order valence-corrected chi connectivity index (χ3v) is 5.71. The number of primary amides is 1. The molecule has 2 heterocycles. The normalized spacial score (nSPS) is 23.4. The van der Waals surface area contributed by atoms with Gasteiger partial charge in [-0.3, -0.25) is 14.6 Å². The van der Waals surface area contributed by atoms with E-state index in [-0.39, 0.29) is 30.0 Å². The first-order valence-electron chi connectivity index (χ1n) is 9.36. The lowest BCUT2D eigenvalue weighted by Crippen LogP contribution is -2.38. The molecule has 3 atom stereocenters. The molecule has 7 nitrogen and oxygen atoms in total. The average Bonchev–Trinajstić information content (AvgIpc) is 3.29. The number of aromatic nitrogens is 1. The van der Waals surface area contributed by atoms with E-state index in [1.807, 2.05) is 0 Å². The van der Waals surface area contributed by atoms with Crippen molar-refractivity contribution in [3.8, 4) is 6.07 Å². The second-order valence-electron chi connectivity index (χ2n) is 8.24. The van der Waals surface area contributed by atoms with Crippen molar-refractivity contribution in [1.29, 1.82) is 5.26 Å². The molecule has 0 spiro atoms. The van der Waals surface area contributed by atoms with Gasteiger partial charge >= 0.3 is 0 Å². The molecule has 1 saturated heterocycles. The lowest BCUT2D eigenvalue weighted by molar-refractivity contribution is -0.131. The molecule has 1 aliphatic heterocycles. The summed E-state index contributed by atoms with van der Waals surface area (Å²) in [6, 6.07) is 8.69. The number of nitrogens with zero attached hydrogens (tertiary/aromatic N) is 3. The zero-order valence-electron chi connectivity index (χ0n) is 15.8. The predicted molar refractivity (Wildman–Crippen MR) is 102 cm³/mol. The van der Waals surface area contributed by atoms with Crippen LogP contribution in [0.15, 0.2) is 24.3 Å². The van der Waals surface area contributed by atoms with Crippen LogP contribution in [0.1, 0.15) is 48.3 Å². The van der Waals surface area contributed by atoms with Crippen molar-refractivity contribution in [3.05, 3.63) is 41.1 Å². The summed E-state index contributed by atoms with van der Waals surface area (Å²) in [4.78, 5) is 31.0. The second kappa shape index (κ2) is 6.28. The molecule has 1 aromatic heterocycles. The van der Waals surface area contributed by atoms with Gasteiger partial charge in [-0.05, 0) is 50.3 Å². The number of carbonyl (C=O) groups excluding carboxylic acids is 2. The number of nitrogens with two attached hydrogens (primary N) is 1. The van der Waals surface area contributed by atoms with Crippen molar-refractivity contribution in [2.24, 2.45) is 11.7 Å². The third-order valence-electron chi connectivity index (χ3n) is 5.71. The number of hydrogen-bond acceptors (Lipinski definition) is 5. The van der Waals surface area contributed by atoms with Gasteiger partial charge in [0.15, 0.2) is 0 Å². The second-order valence-corrected chi connectivity index (χ2v) is 8.24. The first kappa shape index (κ1) is 18.4. The highest BCUT2D eigenvalue weighted by molar-refractivity contribution is 6.05. The molecule has 0 bridgehead atoms. The molecule has 2 amide bonds. The lowest BCUT2D eigenvalue weighted by atomic mass is 9.95. The van der Waals surface area contributed by atoms with Crippen LogP contribution in [0.5, 0.6) is 0 Å². The molecule has 4 rings (SSSR count). The van der Waals surface area contributed by atoms with Crippen LogP contribution in [0, 0.1) is 17.2 Å². The van der Waals surface area contributed by atoms with Gasteiger partial charge in [0.05, 0.1) is 34.9 Å². The summed E-state index contributed by atoms with van der Waals surface area (Å²) in [5.74, 6) is -0.318. The van der Waals surface area contributed by atoms with E-state index in [0.717, 1.165) is 12.8 Å². The van der Waals surface area contributed by atoms with Crippen LogP contribution < -0.4 is 5.73 Å². The zero-order valence-corrected chi connectivity index (χ0v) is 15.8. The largest absolute Gasteiger partial charge is 0.386 e. The minimum Gasteiger partial charge on any atom is -0.386 e. The molecular weight excluding hydrogens is 356 g/mol. The predicted octanol–water partition coefficient (Wildman–Crippen LogP) is 1.62. The molecule has 2 fully saturated rings. The molecule has 1 saturated carbocycles. The number of fused-ring (bicyclic) bond motifs is 2. The summed E-state index contributed by atoms with van der Waals surface area (Å²) in [5.41, 5.74) is 6.35. The SMILES string of the molecule is CC(C)(O)c1ccc2c(C(N)=O)cc(CC(=O)N3[C@H](C#N)C[C@@H]4C[C@@H]43)nc2c1. The molecule has 1 aromatic carbocycles. The molecule has 2 aromatic rings. The Labute approximate surface area is 162 Å². The molecule has 3 N–H and O–H groups in total. The van der Waals surface area contributed by atoms with Crippen molar-refractivity contribution in [2.45, 2.75) is 50.8 Å². The van der Waals surface area contributed by atoms with Crippen molar-refractivity contribution in [2.75, 3.05) is 0 Å². The van der Waals surface area contributed by atoms with Crippen LogP contribution in [-0.2, 0) is 16.8 Å². The van der Waals surface area contributed by atoms with E-state index in [2.05, 4.69) is 11.1 Å². The van der Waals surface area contributed by atoms with Gasteiger partial charge in [-0.25, -0.2) is 0 Å². The standard InChI is InChI=1S/C21H22N4O3/c1-21(2,28)12-3-4-15-16(20(23)27)8-13(24-17(15)7-12)9-19(26)25-14(10-22)5-11-6-18(11)25/h3-4,7-8,11,14,18,28H,5-6,9H2,1-2H3,(H2,23,27)/t11-,14+,18+/m1/s1. The fourth-order valence-corrected chi connectivity index (χ4v) is 4.14. The number of likely N-dealkylation sites (tertiary alicyclic amines) is 1. The molecule has 144 valence electrons. The Morgan fingerprint density at radius 1 is 1.36 bits per heavy atom. The number of benzene rings is 1.